The van der Waals surface area contributed by atoms with Gasteiger partial charge in [-0.2, -0.15) is 5.10 Å². The number of carbonyl (C=O) groups is 2. The number of ketones is 1. The predicted octanol–water partition coefficient (Wildman–Crippen LogP) is 2.94. The lowest BCUT2D eigenvalue weighted by Gasteiger charge is -2.13. The van der Waals surface area contributed by atoms with Crippen molar-refractivity contribution in [2.24, 2.45) is 7.05 Å². The fourth-order valence-electron chi connectivity index (χ4n) is 2.06. The molecule has 1 amide bonds. The standard InChI is InChI=1S/C18H23N3O3/c1-12(22)13-6-8-14(9-7-13)24-11-17(23)19-16-10-15(18(2,3)4)20-21(16)5/h6-10H,11H2,1-5H3,(H,19,23). The quantitative estimate of drug-likeness (QED) is 0.856. The van der Waals surface area contributed by atoms with E-state index in [0.29, 0.717) is 17.1 Å². The van der Waals surface area contributed by atoms with Gasteiger partial charge in [-0.15, -0.1) is 0 Å². The first-order valence-electron chi connectivity index (χ1n) is 7.75. The molecule has 0 fully saturated rings. The topological polar surface area (TPSA) is 73.2 Å². The molecular formula is C18H23N3O3. The van der Waals surface area contributed by atoms with Gasteiger partial charge in [-0.1, -0.05) is 20.8 Å². The van der Waals surface area contributed by atoms with Crippen LogP contribution in [0.3, 0.4) is 0 Å². The maximum Gasteiger partial charge on any atom is 0.263 e. The van der Waals surface area contributed by atoms with Gasteiger partial charge in [0.05, 0.1) is 5.69 Å². The number of nitrogens with zero attached hydrogens (tertiary/aromatic N) is 2. The van der Waals surface area contributed by atoms with Crippen LogP contribution in [0.1, 0.15) is 43.7 Å². The first kappa shape index (κ1) is 17.7. The van der Waals surface area contributed by atoms with Crippen LogP contribution in [0.4, 0.5) is 5.82 Å². The van der Waals surface area contributed by atoms with Crippen LogP contribution in [0.15, 0.2) is 30.3 Å². The summed E-state index contributed by atoms with van der Waals surface area (Å²) in [6.45, 7) is 7.58. The normalized spacial score (nSPS) is 11.2. The zero-order valence-corrected chi connectivity index (χ0v) is 14.7. The van der Waals surface area contributed by atoms with Crippen LogP contribution in [-0.4, -0.2) is 28.1 Å². The summed E-state index contributed by atoms with van der Waals surface area (Å²) in [6.07, 6.45) is 0. The molecule has 128 valence electrons. The van der Waals surface area contributed by atoms with Crippen molar-refractivity contribution in [1.29, 1.82) is 0 Å². The summed E-state index contributed by atoms with van der Waals surface area (Å²) in [5.41, 5.74) is 1.42. The number of hydrogen-bond donors (Lipinski definition) is 1. The summed E-state index contributed by atoms with van der Waals surface area (Å²) in [6, 6.07) is 8.55. The number of amides is 1. The zero-order chi connectivity index (χ0) is 17.9. The van der Waals surface area contributed by atoms with Crippen molar-refractivity contribution >= 4 is 17.5 Å². The maximum atomic E-state index is 12.0. The molecule has 0 aliphatic heterocycles. The summed E-state index contributed by atoms with van der Waals surface area (Å²) >= 11 is 0. The number of carbonyl (C=O) groups excluding carboxylic acids is 2. The van der Waals surface area contributed by atoms with E-state index in [-0.39, 0.29) is 23.7 Å². The van der Waals surface area contributed by atoms with E-state index in [2.05, 4.69) is 31.2 Å². The Morgan fingerprint density at radius 1 is 1.21 bits per heavy atom. The number of aromatic nitrogens is 2. The van der Waals surface area contributed by atoms with Gasteiger partial charge >= 0.3 is 0 Å². The second-order valence-electron chi connectivity index (χ2n) is 6.71. The number of hydrogen-bond acceptors (Lipinski definition) is 4. The van der Waals surface area contributed by atoms with Gasteiger partial charge in [-0.3, -0.25) is 14.3 Å². The average molecular weight is 329 g/mol. The molecule has 0 unspecified atom stereocenters. The van der Waals surface area contributed by atoms with E-state index in [1.54, 1.807) is 36.0 Å². The third-order valence-electron chi connectivity index (χ3n) is 3.55. The van der Waals surface area contributed by atoms with Gasteiger partial charge in [0.1, 0.15) is 11.6 Å². The minimum absolute atomic E-state index is 0.00912. The average Bonchev–Trinajstić information content (AvgIpc) is 2.87. The molecule has 0 bridgehead atoms. The summed E-state index contributed by atoms with van der Waals surface area (Å²) in [4.78, 5) is 23.3. The highest BCUT2D eigenvalue weighted by molar-refractivity contribution is 5.94. The van der Waals surface area contributed by atoms with Gasteiger partial charge in [0.2, 0.25) is 0 Å². The van der Waals surface area contributed by atoms with E-state index in [1.165, 1.54) is 6.92 Å². The largest absolute Gasteiger partial charge is 0.484 e. The van der Waals surface area contributed by atoms with Crippen molar-refractivity contribution in [1.82, 2.24) is 9.78 Å². The molecule has 24 heavy (non-hydrogen) atoms. The highest BCUT2D eigenvalue weighted by Crippen LogP contribution is 2.23. The maximum absolute atomic E-state index is 12.0. The molecule has 0 spiro atoms. The summed E-state index contributed by atoms with van der Waals surface area (Å²) < 4.78 is 7.07. The smallest absolute Gasteiger partial charge is 0.263 e. The zero-order valence-electron chi connectivity index (χ0n) is 14.7. The highest BCUT2D eigenvalue weighted by Gasteiger charge is 2.19. The van der Waals surface area contributed by atoms with Crippen molar-refractivity contribution in [3.8, 4) is 5.75 Å². The first-order valence-corrected chi connectivity index (χ1v) is 7.75. The summed E-state index contributed by atoms with van der Waals surface area (Å²) in [5, 5.41) is 7.19. The van der Waals surface area contributed by atoms with E-state index in [1.807, 2.05) is 6.07 Å². The number of aryl methyl sites for hydroxylation is 1. The number of nitrogens with one attached hydrogen (secondary N) is 1. The molecule has 0 aliphatic rings. The van der Waals surface area contributed by atoms with Crippen molar-refractivity contribution in [2.45, 2.75) is 33.1 Å². The Morgan fingerprint density at radius 3 is 2.33 bits per heavy atom. The minimum atomic E-state index is -0.269. The summed E-state index contributed by atoms with van der Waals surface area (Å²) in [5.74, 6) is 0.884. The van der Waals surface area contributed by atoms with Gasteiger partial charge in [0.15, 0.2) is 12.4 Å². The number of anilines is 1. The fraction of sp³-hybridized carbons (Fsp3) is 0.389. The molecule has 6 heteroatoms. The van der Waals surface area contributed by atoms with Crippen molar-refractivity contribution < 1.29 is 14.3 Å². The molecule has 1 heterocycles. The Morgan fingerprint density at radius 2 is 1.83 bits per heavy atom. The van der Waals surface area contributed by atoms with E-state index >= 15 is 0 Å². The van der Waals surface area contributed by atoms with Crippen molar-refractivity contribution in [3.05, 3.63) is 41.6 Å². The van der Waals surface area contributed by atoms with Crippen molar-refractivity contribution in [3.63, 3.8) is 0 Å². The van der Waals surface area contributed by atoms with Crippen molar-refractivity contribution in [2.75, 3.05) is 11.9 Å². The number of benzene rings is 1. The molecule has 2 rings (SSSR count). The molecule has 6 nitrogen and oxygen atoms in total. The fourth-order valence-corrected chi connectivity index (χ4v) is 2.06. The molecule has 0 saturated heterocycles. The van der Waals surface area contributed by atoms with E-state index in [9.17, 15) is 9.59 Å². The lowest BCUT2D eigenvalue weighted by molar-refractivity contribution is -0.118. The van der Waals surface area contributed by atoms with E-state index in [4.69, 9.17) is 4.74 Å². The van der Waals surface area contributed by atoms with Crippen LogP contribution in [0, 0.1) is 0 Å². The van der Waals surface area contributed by atoms with Gasteiger partial charge in [-0.05, 0) is 31.2 Å². The lowest BCUT2D eigenvalue weighted by atomic mass is 9.92. The van der Waals surface area contributed by atoms with Gasteiger partial charge < -0.3 is 10.1 Å². The Labute approximate surface area is 141 Å². The monoisotopic (exact) mass is 329 g/mol. The molecule has 0 saturated carbocycles. The van der Waals surface area contributed by atoms with Crippen LogP contribution in [0.5, 0.6) is 5.75 Å². The Hall–Kier alpha value is -2.63. The Bertz CT molecular complexity index is 740. The third kappa shape index (κ3) is 4.44. The highest BCUT2D eigenvalue weighted by atomic mass is 16.5. The van der Waals surface area contributed by atoms with Gasteiger partial charge in [0.25, 0.3) is 5.91 Å². The Balaban J connectivity index is 1.94. The molecule has 0 aliphatic carbocycles. The molecule has 0 atom stereocenters. The predicted molar refractivity (Wildman–Crippen MR) is 92.5 cm³/mol. The number of rotatable bonds is 5. The van der Waals surface area contributed by atoms with Crippen LogP contribution < -0.4 is 10.1 Å². The van der Waals surface area contributed by atoms with Crippen LogP contribution >= 0.6 is 0 Å². The summed E-state index contributed by atoms with van der Waals surface area (Å²) in [7, 11) is 1.78. The minimum Gasteiger partial charge on any atom is -0.484 e. The van der Waals surface area contributed by atoms with Gasteiger partial charge in [0, 0.05) is 24.1 Å². The molecular weight excluding hydrogens is 306 g/mol. The Kier molecular flexibility index (Phi) is 5.07. The van der Waals surface area contributed by atoms with Gasteiger partial charge in [-0.25, -0.2) is 0 Å². The van der Waals surface area contributed by atoms with E-state index in [0.717, 1.165) is 5.69 Å². The number of Topliss-reactive ketones (excluding diaryl/α,β-unsaturated/α-hetero) is 1. The molecule has 2 aromatic rings. The third-order valence-corrected chi connectivity index (χ3v) is 3.55. The van der Waals surface area contributed by atoms with E-state index < -0.39 is 0 Å². The SMILES string of the molecule is CC(=O)c1ccc(OCC(=O)Nc2cc(C(C)(C)C)nn2C)cc1. The first-order chi connectivity index (χ1) is 11.2. The second kappa shape index (κ2) is 6.86. The molecule has 1 aromatic carbocycles. The van der Waals surface area contributed by atoms with Crippen LogP contribution in [0.25, 0.3) is 0 Å². The molecule has 1 N–H and O–H groups in total. The second-order valence-corrected chi connectivity index (χ2v) is 6.71. The molecule has 1 aromatic heterocycles. The lowest BCUT2D eigenvalue weighted by Crippen LogP contribution is -2.21. The number of ether oxygens (including phenoxy) is 1. The molecule has 0 radical (unpaired) electrons. The van der Waals surface area contributed by atoms with Crippen LogP contribution in [0.2, 0.25) is 0 Å². The van der Waals surface area contributed by atoms with Crippen LogP contribution in [-0.2, 0) is 17.3 Å².